The van der Waals surface area contributed by atoms with Crippen molar-refractivity contribution in [3.05, 3.63) is 18.0 Å². The van der Waals surface area contributed by atoms with Crippen LogP contribution in [-0.4, -0.2) is 16.3 Å². The maximum Gasteiger partial charge on any atom is 0.0537 e. The molecule has 4 nitrogen and oxygen atoms in total. The lowest BCUT2D eigenvalue weighted by molar-refractivity contribution is 0.730. The summed E-state index contributed by atoms with van der Waals surface area (Å²) < 4.78 is 1.71. The summed E-state index contributed by atoms with van der Waals surface area (Å²) in [6.07, 6.45) is 3.61. The lowest BCUT2D eigenvalue weighted by Crippen LogP contribution is -2.20. The average Bonchev–Trinajstić information content (AvgIpc) is 2.34. The summed E-state index contributed by atoms with van der Waals surface area (Å²) in [6, 6.07) is -0.0753. The van der Waals surface area contributed by atoms with Gasteiger partial charge < -0.3 is 11.5 Å². The Morgan fingerprint density at radius 3 is 2.90 bits per heavy atom. The van der Waals surface area contributed by atoms with Crippen LogP contribution in [0.1, 0.15) is 11.6 Å². The Bertz CT molecular complexity index is 205. The first-order valence-corrected chi connectivity index (χ1v) is 3.18. The lowest BCUT2D eigenvalue weighted by Gasteiger charge is -2.02. The van der Waals surface area contributed by atoms with Gasteiger partial charge in [-0.3, -0.25) is 4.68 Å². The smallest absolute Gasteiger partial charge is 0.0537 e. The predicted octanol–water partition coefficient (Wildman–Crippen LogP) is -0.621. The van der Waals surface area contributed by atoms with Gasteiger partial charge in [0, 0.05) is 31.4 Å². The Kier molecular flexibility index (Phi) is 2.03. The van der Waals surface area contributed by atoms with Crippen LogP contribution in [0.4, 0.5) is 0 Å². The first-order chi connectivity index (χ1) is 4.74. The molecule has 0 aromatic carbocycles. The van der Waals surface area contributed by atoms with E-state index >= 15 is 0 Å². The molecule has 4 N–H and O–H groups in total. The van der Waals surface area contributed by atoms with Gasteiger partial charge in [0.1, 0.15) is 0 Å². The van der Waals surface area contributed by atoms with Crippen molar-refractivity contribution in [2.75, 3.05) is 6.54 Å². The highest BCUT2D eigenvalue weighted by Crippen LogP contribution is 2.05. The molecule has 1 aromatic rings. The Hall–Kier alpha value is -0.870. The van der Waals surface area contributed by atoms with Crippen molar-refractivity contribution in [3.63, 3.8) is 0 Å². The molecule has 0 amide bonds. The van der Waals surface area contributed by atoms with Crippen LogP contribution in [0.5, 0.6) is 0 Å². The quantitative estimate of drug-likeness (QED) is 0.575. The second kappa shape index (κ2) is 2.81. The number of aryl methyl sites for hydroxylation is 1. The van der Waals surface area contributed by atoms with Crippen LogP contribution in [0.15, 0.2) is 12.4 Å². The monoisotopic (exact) mass is 140 g/mol. The first-order valence-electron chi connectivity index (χ1n) is 3.18. The lowest BCUT2D eigenvalue weighted by atomic mass is 10.2. The van der Waals surface area contributed by atoms with Gasteiger partial charge in [-0.2, -0.15) is 5.10 Å². The summed E-state index contributed by atoms with van der Waals surface area (Å²) in [4.78, 5) is 0. The molecule has 0 aliphatic carbocycles. The van der Waals surface area contributed by atoms with Gasteiger partial charge in [0.15, 0.2) is 0 Å². The number of nitrogens with two attached hydrogens (primary N) is 2. The molecule has 10 heavy (non-hydrogen) atoms. The van der Waals surface area contributed by atoms with E-state index in [1.165, 1.54) is 0 Å². The number of rotatable bonds is 2. The predicted molar refractivity (Wildman–Crippen MR) is 39.2 cm³/mol. The highest BCUT2D eigenvalue weighted by Gasteiger charge is 2.03. The molecule has 0 aliphatic heterocycles. The molecule has 1 rings (SSSR count). The van der Waals surface area contributed by atoms with Crippen molar-refractivity contribution in [2.24, 2.45) is 18.5 Å². The van der Waals surface area contributed by atoms with E-state index in [1.54, 1.807) is 10.9 Å². The van der Waals surface area contributed by atoms with Crippen LogP contribution < -0.4 is 11.5 Å². The van der Waals surface area contributed by atoms with Gasteiger partial charge in [-0.05, 0) is 0 Å². The molecule has 0 unspecified atom stereocenters. The van der Waals surface area contributed by atoms with Crippen LogP contribution in [0.3, 0.4) is 0 Å². The minimum atomic E-state index is -0.0753. The van der Waals surface area contributed by atoms with E-state index in [1.807, 2.05) is 13.2 Å². The molecule has 1 atom stereocenters. The Labute approximate surface area is 59.8 Å². The molecule has 0 bridgehead atoms. The van der Waals surface area contributed by atoms with Crippen molar-refractivity contribution < 1.29 is 0 Å². The number of hydrogen-bond acceptors (Lipinski definition) is 3. The largest absolute Gasteiger partial charge is 0.329 e. The average molecular weight is 140 g/mol. The van der Waals surface area contributed by atoms with E-state index in [2.05, 4.69) is 5.10 Å². The highest BCUT2D eigenvalue weighted by molar-refractivity contribution is 5.09. The summed E-state index contributed by atoms with van der Waals surface area (Å²) in [5.74, 6) is 0. The minimum Gasteiger partial charge on any atom is -0.329 e. The Morgan fingerprint density at radius 2 is 2.50 bits per heavy atom. The van der Waals surface area contributed by atoms with Gasteiger partial charge >= 0.3 is 0 Å². The van der Waals surface area contributed by atoms with E-state index < -0.39 is 0 Å². The molecule has 0 spiro atoms. The molecule has 4 heteroatoms. The third kappa shape index (κ3) is 1.34. The molecule has 0 fully saturated rings. The topological polar surface area (TPSA) is 69.9 Å². The maximum atomic E-state index is 5.63. The fraction of sp³-hybridized carbons (Fsp3) is 0.500. The first kappa shape index (κ1) is 7.24. The SMILES string of the molecule is Cn1cc([C@@H](N)CN)cn1. The van der Waals surface area contributed by atoms with Crippen LogP contribution in [-0.2, 0) is 7.05 Å². The zero-order chi connectivity index (χ0) is 7.56. The fourth-order valence-electron chi connectivity index (χ4n) is 0.768. The Morgan fingerprint density at radius 1 is 1.80 bits per heavy atom. The summed E-state index contributed by atoms with van der Waals surface area (Å²) in [5.41, 5.74) is 12.0. The third-order valence-electron chi connectivity index (χ3n) is 1.41. The molecule has 1 heterocycles. The maximum absolute atomic E-state index is 5.63. The Balaban J connectivity index is 2.74. The van der Waals surface area contributed by atoms with E-state index in [0.717, 1.165) is 5.56 Å². The minimum absolute atomic E-state index is 0.0753. The summed E-state index contributed by atoms with van der Waals surface area (Å²) in [5, 5.41) is 3.97. The number of aromatic nitrogens is 2. The molecular weight excluding hydrogens is 128 g/mol. The van der Waals surface area contributed by atoms with Crippen LogP contribution >= 0.6 is 0 Å². The third-order valence-corrected chi connectivity index (χ3v) is 1.41. The van der Waals surface area contributed by atoms with Crippen LogP contribution in [0.25, 0.3) is 0 Å². The van der Waals surface area contributed by atoms with E-state index in [4.69, 9.17) is 11.5 Å². The van der Waals surface area contributed by atoms with Gasteiger partial charge in [-0.15, -0.1) is 0 Å². The van der Waals surface area contributed by atoms with Gasteiger partial charge in [0.05, 0.1) is 6.20 Å². The van der Waals surface area contributed by atoms with Gasteiger partial charge in [-0.25, -0.2) is 0 Å². The normalized spacial score (nSPS) is 13.5. The molecule has 0 saturated carbocycles. The van der Waals surface area contributed by atoms with Gasteiger partial charge in [-0.1, -0.05) is 0 Å². The molecule has 1 aromatic heterocycles. The second-order valence-corrected chi connectivity index (χ2v) is 2.29. The van der Waals surface area contributed by atoms with Gasteiger partial charge in [0.25, 0.3) is 0 Å². The number of hydrogen-bond donors (Lipinski definition) is 2. The fourth-order valence-corrected chi connectivity index (χ4v) is 0.768. The van der Waals surface area contributed by atoms with E-state index in [0.29, 0.717) is 6.54 Å². The molecular formula is C6H12N4. The van der Waals surface area contributed by atoms with E-state index in [9.17, 15) is 0 Å². The van der Waals surface area contributed by atoms with Crippen molar-refractivity contribution in [1.29, 1.82) is 0 Å². The van der Waals surface area contributed by atoms with Crippen LogP contribution in [0, 0.1) is 0 Å². The molecule has 0 radical (unpaired) electrons. The summed E-state index contributed by atoms with van der Waals surface area (Å²) >= 11 is 0. The van der Waals surface area contributed by atoms with Gasteiger partial charge in [0.2, 0.25) is 0 Å². The van der Waals surface area contributed by atoms with Crippen molar-refractivity contribution in [2.45, 2.75) is 6.04 Å². The van der Waals surface area contributed by atoms with Crippen molar-refractivity contribution >= 4 is 0 Å². The summed E-state index contributed by atoms with van der Waals surface area (Å²) in [6.45, 7) is 0.464. The van der Waals surface area contributed by atoms with Crippen molar-refractivity contribution in [1.82, 2.24) is 9.78 Å². The van der Waals surface area contributed by atoms with E-state index in [-0.39, 0.29) is 6.04 Å². The molecule has 0 aliphatic rings. The van der Waals surface area contributed by atoms with Crippen LogP contribution in [0.2, 0.25) is 0 Å². The zero-order valence-corrected chi connectivity index (χ0v) is 5.99. The molecule has 0 saturated heterocycles. The summed E-state index contributed by atoms with van der Waals surface area (Å²) in [7, 11) is 1.85. The zero-order valence-electron chi connectivity index (χ0n) is 5.99. The molecule has 56 valence electrons. The number of nitrogens with zero attached hydrogens (tertiary/aromatic N) is 2. The standard InChI is InChI=1S/C6H12N4/c1-10-4-5(3-9-10)6(8)2-7/h3-4,6H,2,7-8H2,1H3/t6-/m0/s1. The van der Waals surface area contributed by atoms with Crippen molar-refractivity contribution in [3.8, 4) is 0 Å². The highest BCUT2D eigenvalue weighted by atomic mass is 15.2. The second-order valence-electron chi connectivity index (χ2n) is 2.29.